The van der Waals surface area contributed by atoms with E-state index in [9.17, 15) is 5.11 Å². The van der Waals surface area contributed by atoms with Crippen molar-refractivity contribution in [3.05, 3.63) is 0 Å². The number of aliphatic hydroxyl groups is 1. The molecule has 0 spiro atoms. The molecule has 3 heterocycles. The summed E-state index contributed by atoms with van der Waals surface area (Å²) in [5.41, 5.74) is 0. The van der Waals surface area contributed by atoms with Crippen LogP contribution in [0.15, 0.2) is 0 Å². The second-order valence-corrected chi connectivity index (χ2v) is 6.44. The fourth-order valence-electron chi connectivity index (χ4n) is 3.89. The predicted molar refractivity (Wildman–Crippen MR) is 72.7 cm³/mol. The van der Waals surface area contributed by atoms with Gasteiger partial charge in [-0.05, 0) is 32.7 Å². The molecular formula is C14H27N3O. The first-order chi connectivity index (χ1) is 8.72. The van der Waals surface area contributed by atoms with Crippen LogP contribution in [-0.2, 0) is 0 Å². The molecule has 0 radical (unpaired) electrons. The molecule has 3 saturated heterocycles. The normalized spacial score (nSPS) is 43.0. The number of nitrogens with zero attached hydrogens (tertiary/aromatic N) is 2. The minimum atomic E-state index is -0.124. The molecule has 0 saturated carbocycles. The molecule has 2 N–H and O–H groups in total. The zero-order chi connectivity index (χ0) is 12.5. The van der Waals surface area contributed by atoms with Gasteiger partial charge in [0.25, 0.3) is 0 Å². The smallest absolute Gasteiger partial charge is 0.0680 e. The summed E-state index contributed by atoms with van der Waals surface area (Å²) in [6.07, 6.45) is 4.98. The number of fused-ring (bicyclic) bond motifs is 1. The second-order valence-electron chi connectivity index (χ2n) is 6.44. The third-order valence-electron chi connectivity index (χ3n) is 4.97. The average Bonchev–Trinajstić information content (AvgIpc) is 2.76. The lowest BCUT2D eigenvalue weighted by Crippen LogP contribution is -2.60. The molecule has 18 heavy (non-hydrogen) atoms. The predicted octanol–water partition coefficient (Wildman–Crippen LogP) is 0.268. The minimum Gasteiger partial charge on any atom is -0.392 e. The molecule has 0 amide bonds. The van der Waals surface area contributed by atoms with Crippen molar-refractivity contribution in [1.82, 2.24) is 15.1 Å². The lowest BCUT2D eigenvalue weighted by atomic mass is 9.96. The van der Waals surface area contributed by atoms with Crippen molar-refractivity contribution >= 4 is 0 Å². The van der Waals surface area contributed by atoms with E-state index in [0.29, 0.717) is 12.1 Å². The average molecular weight is 253 g/mol. The summed E-state index contributed by atoms with van der Waals surface area (Å²) < 4.78 is 0. The highest BCUT2D eigenvalue weighted by atomic mass is 16.3. The van der Waals surface area contributed by atoms with E-state index in [1.54, 1.807) is 0 Å². The number of hydrogen-bond donors (Lipinski definition) is 2. The summed E-state index contributed by atoms with van der Waals surface area (Å²) in [6, 6.07) is 1.96. The van der Waals surface area contributed by atoms with Gasteiger partial charge in [-0.2, -0.15) is 0 Å². The topological polar surface area (TPSA) is 38.7 Å². The van der Waals surface area contributed by atoms with Crippen molar-refractivity contribution in [3.63, 3.8) is 0 Å². The molecule has 4 atom stereocenters. The molecule has 4 heteroatoms. The Bertz CT molecular complexity index is 284. The van der Waals surface area contributed by atoms with Gasteiger partial charge in [0.15, 0.2) is 0 Å². The molecular weight excluding hydrogens is 226 g/mol. The Balaban J connectivity index is 1.55. The summed E-state index contributed by atoms with van der Waals surface area (Å²) in [7, 11) is 0. The van der Waals surface area contributed by atoms with Crippen molar-refractivity contribution in [2.75, 3.05) is 32.7 Å². The molecule has 104 valence electrons. The SMILES string of the molecule is CC1CN2CCCCC2CN1CC1CC(O)CN1. The van der Waals surface area contributed by atoms with E-state index < -0.39 is 0 Å². The molecule has 0 aromatic heterocycles. The molecule has 3 rings (SSSR count). The van der Waals surface area contributed by atoms with Crippen LogP contribution in [0.2, 0.25) is 0 Å². The molecule has 4 unspecified atom stereocenters. The van der Waals surface area contributed by atoms with Crippen LogP contribution in [-0.4, -0.2) is 71.9 Å². The highest BCUT2D eigenvalue weighted by Gasteiger charge is 2.34. The first kappa shape index (κ1) is 12.9. The third-order valence-corrected chi connectivity index (χ3v) is 4.97. The van der Waals surface area contributed by atoms with Gasteiger partial charge in [0.1, 0.15) is 0 Å². The van der Waals surface area contributed by atoms with Crippen LogP contribution >= 0.6 is 0 Å². The number of rotatable bonds is 2. The Labute approximate surface area is 110 Å². The van der Waals surface area contributed by atoms with E-state index in [1.165, 1.54) is 38.9 Å². The van der Waals surface area contributed by atoms with Gasteiger partial charge < -0.3 is 10.4 Å². The quantitative estimate of drug-likeness (QED) is 0.741. The van der Waals surface area contributed by atoms with Crippen molar-refractivity contribution in [2.45, 2.75) is 56.8 Å². The maximum absolute atomic E-state index is 9.59. The monoisotopic (exact) mass is 253 g/mol. The Morgan fingerprint density at radius 2 is 2.17 bits per heavy atom. The van der Waals surface area contributed by atoms with Crippen LogP contribution < -0.4 is 5.32 Å². The molecule has 3 aliphatic heterocycles. The molecule has 3 fully saturated rings. The Morgan fingerprint density at radius 1 is 1.28 bits per heavy atom. The largest absolute Gasteiger partial charge is 0.392 e. The zero-order valence-corrected chi connectivity index (χ0v) is 11.5. The van der Waals surface area contributed by atoms with Crippen LogP contribution in [0.1, 0.15) is 32.6 Å². The molecule has 0 aliphatic carbocycles. The van der Waals surface area contributed by atoms with Gasteiger partial charge in [-0.3, -0.25) is 9.80 Å². The van der Waals surface area contributed by atoms with Gasteiger partial charge in [-0.25, -0.2) is 0 Å². The van der Waals surface area contributed by atoms with Gasteiger partial charge in [0.2, 0.25) is 0 Å². The van der Waals surface area contributed by atoms with Crippen molar-refractivity contribution in [3.8, 4) is 0 Å². The Kier molecular flexibility index (Phi) is 3.89. The standard InChI is InChI=1S/C14H27N3O/c1-11-8-16-5-3-2-4-13(16)10-17(11)9-12-6-14(18)7-15-12/h11-15,18H,2-10H2,1H3. The van der Waals surface area contributed by atoms with Crippen molar-refractivity contribution in [1.29, 1.82) is 0 Å². The number of piperidine rings is 1. The summed E-state index contributed by atoms with van der Waals surface area (Å²) in [5, 5.41) is 13.0. The molecule has 4 nitrogen and oxygen atoms in total. The summed E-state index contributed by atoms with van der Waals surface area (Å²) in [4.78, 5) is 5.34. The summed E-state index contributed by atoms with van der Waals surface area (Å²) >= 11 is 0. The van der Waals surface area contributed by atoms with Gasteiger partial charge >= 0.3 is 0 Å². The highest BCUT2D eigenvalue weighted by molar-refractivity contribution is 4.92. The van der Waals surface area contributed by atoms with Crippen LogP contribution in [0.5, 0.6) is 0 Å². The van der Waals surface area contributed by atoms with Gasteiger partial charge in [0, 0.05) is 44.3 Å². The van der Waals surface area contributed by atoms with E-state index in [-0.39, 0.29) is 6.10 Å². The van der Waals surface area contributed by atoms with E-state index >= 15 is 0 Å². The minimum absolute atomic E-state index is 0.124. The Hall–Kier alpha value is -0.160. The van der Waals surface area contributed by atoms with Crippen LogP contribution in [0.25, 0.3) is 0 Å². The van der Waals surface area contributed by atoms with Gasteiger partial charge in [0.05, 0.1) is 6.10 Å². The van der Waals surface area contributed by atoms with E-state index in [2.05, 4.69) is 22.0 Å². The maximum Gasteiger partial charge on any atom is 0.0680 e. The molecule has 0 bridgehead atoms. The van der Waals surface area contributed by atoms with Crippen LogP contribution in [0.4, 0.5) is 0 Å². The fraction of sp³-hybridized carbons (Fsp3) is 1.00. The number of piperazine rings is 1. The number of β-amino-alcohol motifs (C(OH)–C–C–N with tert-alkyl or cyclic N) is 1. The van der Waals surface area contributed by atoms with Crippen molar-refractivity contribution in [2.24, 2.45) is 0 Å². The van der Waals surface area contributed by atoms with Crippen LogP contribution in [0, 0.1) is 0 Å². The molecule has 0 aromatic rings. The number of nitrogens with one attached hydrogen (secondary N) is 1. The van der Waals surface area contributed by atoms with E-state index in [1.807, 2.05) is 0 Å². The molecule has 0 aromatic carbocycles. The van der Waals surface area contributed by atoms with Crippen LogP contribution in [0.3, 0.4) is 0 Å². The van der Waals surface area contributed by atoms with E-state index in [4.69, 9.17) is 0 Å². The van der Waals surface area contributed by atoms with Gasteiger partial charge in [-0.1, -0.05) is 6.42 Å². The third kappa shape index (κ3) is 2.72. The molecule has 3 aliphatic rings. The highest BCUT2D eigenvalue weighted by Crippen LogP contribution is 2.24. The van der Waals surface area contributed by atoms with Crippen molar-refractivity contribution < 1.29 is 5.11 Å². The Morgan fingerprint density at radius 3 is 2.94 bits per heavy atom. The maximum atomic E-state index is 9.59. The number of hydrogen-bond acceptors (Lipinski definition) is 4. The van der Waals surface area contributed by atoms with Gasteiger partial charge in [-0.15, -0.1) is 0 Å². The fourth-order valence-corrected chi connectivity index (χ4v) is 3.89. The zero-order valence-electron chi connectivity index (χ0n) is 11.5. The first-order valence-electron chi connectivity index (χ1n) is 7.62. The first-order valence-corrected chi connectivity index (χ1v) is 7.62. The summed E-state index contributed by atoms with van der Waals surface area (Å²) in [6.45, 7) is 8.03. The lowest BCUT2D eigenvalue weighted by molar-refractivity contribution is 0.0112. The second kappa shape index (κ2) is 5.45. The lowest BCUT2D eigenvalue weighted by Gasteiger charge is -2.48. The summed E-state index contributed by atoms with van der Waals surface area (Å²) in [5.74, 6) is 0. The van der Waals surface area contributed by atoms with E-state index in [0.717, 1.165) is 25.6 Å². The number of aliphatic hydroxyl groups excluding tert-OH is 1.